The molecule has 13 nitrogen and oxygen atoms in total. The zero-order valence-electron chi connectivity index (χ0n) is 28.4. The fourth-order valence-electron chi connectivity index (χ4n) is 5.45. The van der Waals surface area contributed by atoms with Gasteiger partial charge in [0, 0.05) is 44.3 Å². The number of aromatic carboxylic acids is 1. The highest BCUT2D eigenvalue weighted by Gasteiger charge is 2.23. The summed E-state index contributed by atoms with van der Waals surface area (Å²) in [5.74, 6) is 0.703. The molecule has 0 bridgehead atoms. The number of hydrogen-bond acceptors (Lipinski definition) is 9. The molecule has 1 fully saturated rings. The van der Waals surface area contributed by atoms with Crippen molar-refractivity contribution in [3.8, 4) is 17.2 Å². The molecule has 258 valence electrons. The van der Waals surface area contributed by atoms with Gasteiger partial charge in [0.05, 0.1) is 30.1 Å². The first kappa shape index (κ1) is 36.0. The number of ether oxygens (including phenoxy) is 2. The van der Waals surface area contributed by atoms with Crippen molar-refractivity contribution < 1.29 is 32.6 Å². The van der Waals surface area contributed by atoms with Gasteiger partial charge in [0.1, 0.15) is 17.3 Å². The molecule has 4 aromatic rings. The molecule has 1 saturated heterocycles. The van der Waals surface area contributed by atoms with Crippen molar-refractivity contribution >= 4 is 44.3 Å². The molecule has 1 amide bonds. The van der Waals surface area contributed by atoms with Gasteiger partial charge in [0.15, 0.2) is 11.5 Å². The second kappa shape index (κ2) is 14.5. The van der Waals surface area contributed by atoms with Crippen LogP contribution in [-0.2, 0) is 22.5 Å². The molecule has 2 aromatic heterocycles. The Morgan fingerprint density at radius 3 is 2.38 bits per heavy atom. The highest BCUT2D eigenvalue weighted by molar-refractivity contribution is 7.92. The van der Waals surface area contributed by atoms with Gasteiger partial charge in [-0.25, -0.2) is 18.2 Å². The van der Waals surface area contributed by atoms with E-state index in [4.69, 9.17) is 15.2 Å². The van der Waals surface area contributed by atoms with E-state index in [9.17, 15) is 23.1 Å². The molecule has 0 saturated carbocycles. The summed E-state index contributed by atoms with van der Waals surface area (Å²) in [6.07, 6.45) is 3.89. The number of para-hydroxylation sites is 1. The minimum absolute atomic E-state index is 0.121. The Bertz CT molecular complexity index is 1920. The Morgan fingerprint density at radius 2 is 1.75 bits per heavy atom. The number of carboxylic acid groups (broad SMARTS) is 1. The van der Waals surface area contributed by atoms with Crippen LogP contribution in [0.1, 0.15) is 53.6 Å². The van der Waals surface area contributed by atoms with Crippen molar-refractivity contribution in [1.82, 2.24) is 14.5 Å². The number of pyridine rings is 1. The Labute approximate surface area is 281 Å². The minimum atomic E-state index is -3.50. The van der Waals surface area contributed by atoms with Gasteiger partial charge in [-0.15, -0.1) is 0 Å². The molecule has 14 heteroatoms. The Morgan fingerprint density at radius 1 is 1.02 bits per heavy atom. The molecule has 4 N–H and O–H groups in total. The minimum Gasteiger partial charge on any atom is -0.494 e. The van der Waals surface area contributed by atoms with Crippen LogP contribution in [0.2, 0.25) is 0 Å². The van der Waals surface area contributed by atoms with Crippen LogP contribution in [0.5, 0.6) is 17.2 Å². The number of rotatable bonds is 8. The number of nitrogens with zero attached hydrogens (tertiary/aromatic N) is 4. The van der Waals surface area contributed by atoms with E-state index in [0.717, 1.165) is 61.1 Å². The number of likely N-dealkylation sites (N-methyl/N-ethyl adjacent to an activating group) is 1. The summed E-state index contributed by atoms with van der Waals surface area (Å²) in [6, 6.07) is 14.3. The Hall–Kier alpha value is -4.82. The first-order valence-corrected chi connectivity index (χ1v) is 17.3. The normalized spacial score (nSPS) is 14.1. The maximum absolute atomic E-state index is 11.5. The smallest absolute Gasteiger partial charge is 0.352 e. The number of carbonyl (C=O) groups is 2. The van der Waals surface area contributed by atoms with Crippen LogP contribution in [0.25, 0.3) is 10.9 Å². The molecule has 5 rings (SSSR count). The lowest BCUT2D eigenvalue weighted by Gasteiger charge is -2.23. The van der Waals surface area contributed by atoms with Gasteiger partial charge in [0.25, 0.3) is 5.91 Å². The van der Waals surface area contributed by atoms with E-state index < -0.39 is 21.9 Å². The number of nitrogens with one attached hydrogen (secondary N) is 1. The fourth-order valence-corrected chi connectivity index (χ4v) is 6.00. The molecule has 3 heterocycles. The van der Waals surface area contributed by atoms with Gasteiger partial charge in [-0.3, -0.25) is 9.52 Å². The highest BCUT2D eigenvalue weighted by Crippen LogP contribution is 2.36. The monoisotopic (exact) mass is 680 g/mol. The third kappa shape index (κ3) is 8.75. The van der Waals surface area contributed by atoms with E-state index in [0.29, 0.717) is 11.5 Å². The standard InChI is InChI=1S/C21H24N4O3.C13H20N2O4S/c1-23-9-4-10-25(12-11-23)19-14-16(7-8-22-19)28-18-6-3-5-15-13-17(21(26)27)24(2)20(15)18;1-13(2,3)8-6-9(12(14)16)11(19-4)10(7-8)15-20(5,17)18/h3,5-8,13-14H,4,9-12H2,1-2H3,(H,26,27);6-7,15H,1-5H3,(H2,14,16). The maximum atomic E-state index is 11.5. The zero-order chi connectivity index (χ0) is 35.4. The molecule has 0 aliphatic carbocycles. The van der Waals surface area contributed by atoms with E-state index in [2.05, 4.69) is 26.6 Å². The molecular formula is C34H44N6O7S. The van der Waals surface area contributed by atoms with Gasteiger partial charge in [0.2, 0.25) is 10.0 Å². The average molecular weight is 681 g/mol. The van der Waals surface area contributed by atoms with Crippen LogP contribution in [-0.4, -0.2) is 86.4 Å². The molecule has 1 aliphatic rings. The molecule has 0 spiro atoms. The summed E-state index contributed by atoms with van der Waals surface area (Å²) < 4.78 is 38.1. The lowest BCUT2D eigenvalue weighted by Crippen LogP contribution is -2.29. The van der Waals surface area contributed by atoms with Crippen molar-refractivity contribution in [2.75, 3.05) is 56.2 Å². The molecule has 2 aromatic carbocycles. The predicted octanol–water partition coefficient (Wildman–Crippen LogP) is 4.67. The van der Waals surface area contributed by atoms with Gasteiger partial charge in [-0.1, -0.05) is 32.9 Å². The summed E-state index contributed by atoms with van der Waals surface area (Å²) >= 11 is 0. The number of amides is 1. The summed E-state index contributed by atoms with van der Waals surface area (Å²) in [7, 11) is 1.74. The average Bonchev–Trinajstić information content (AvgIpc) is 3.19. The van der Waals surface area contributed by atoms with Crippen LogP contribution in [0.15, 0.2) is 54.7 Å². The quantitative estimate of drug-likeness (QED) is 0.238. The number of primary amides is 1. The lowest BCUT2D eigenvalue weighted by molar-refractivity contribution is 0.0686. The highest BCUT2D eigenvalue weighted by atomic mass is 32.2. The SMILES string of the molecule is CN1CCCN(c2cc(Oc3cccc4cc(C(=O)O)n(C)c34)ccn2)CC1.COc1c(NS(C)(=O)=O)cc(C(C)(C)C)cc1C(N)=O. The second-order valence-corrected chi connectivity index (χ2v) is 14.5. The third-order valence-electron chi connectivity index (χ3n) is 7.95. The first-order chi connectivity index (χ1) is 22.5. The lowest BCUT2D eigenvalue weighted by atomic mass is 9.85. The number of fused-ring (bicyclic) bond motifs is 1. The van der Waals surface area contributed by atoms with E-state index in [1.165, 1.54) is 7.11 Å². The summed E-state index contributed by atoms with van der Waals surface area (Å²) in [4.78, 5) is 32.1. The van der Waals surface area contributed by atoms with Crippen LogP contribution >= 0.6 is 0 Å². The van der Waals surface area contributed by atoms with Crippen molar-refractivity contribution in [2.45, 2.75) is 32.6 Å². The number of aryl methyl sites for hydroxylation is 1. The number of sulfonamides is 1. The van der Waals surface area contributed by atoms with Crippen molar-refractivity contribution in [1.29, 1.82) is 0 Å². The summed E-state index contributed by atoms with van der Waals surface area (Å²) in [5, 5.41) is 10.2. The molecule has 0 unspecified atom stereocenters. The molecule has 1 aliphatic heterocycles. The van der Waals surface area contributed by atoms with Gasteiger partial charge in [-0.2, -0.15) is 0 Å². The number of nitrogens with two attached hydrogens (primary N) is 1. The van der Waals surface area contributed by atoms with Crippen LogP contribution < -0.4 is 24.8 Å². The fraction of sp³-hybridized carbons (Fsp3) is 0.382. The Kier molecular flexibility index (Phi) is 10.9. The van der Waals surface area contributed by atoms with Gasteiger partial charge in [-0.05, 0) is 61.3 Å². The van der Waals surface area contributed by atoms with Crippen LogP contribution in [0.4, 0.5) is 11.5 Å². The largest absolute Gasteiger partial charge is 0.494 e. The topological polar surface area (TPSA) is 169 Å². The predicted molar refractivity (Wildman–Crippen MR) is 187 cm³/mol. The third-order valence-corrected chi connectivity index (χ3v) is 8.54. The number of benzene rings is 2. The van der Waals surface area contributed by atoms with Crippen molar-refractivity contribution in [3.05, 3.63) is 71.5 Å². The maximum Gasteiger partial charge on any atom is 0.352 e. The first-order valence-electron chi connectivity index (χ1n) is 15.4. The summed E-state index contributed by atoms with van der Waals surface area (Å²) in [5.41, 5.74) is 7.18. The number of anilines is 2. The van der Waals surface area contributed by atoms with Gasteiger partial charge >= 0.3 is 5.97 Å². The van der Waals surface area contributed by atoms with E-state index in [-0.39, 0.29) is 28.1 Å². The zero-order valence-corrected chi connectivity index (χ0v) is 29.2. The van der Waals surface area contributed by atoms with Gasteiger partial charge < -0.3 is 34.7 Å². The number of aromatic nitrogens is 2. The molecule has 0 atom stereocenters. The van der Waals surface area contributed by atoms with E-state index in [1.807, 2.05) is 51.1 Å². The molecular weight excluding hydrogens is 636 g/mol. The summed E-state index contributed by atoms with van der Waals surface area (Å²) in [6.45, 7) is 9.84. The van der Waals surface area contributed by atoms with Crippen LogP contribution in [0, 0.1) is 0 Å². The van der Waals surface area contributed by atoms with Crippen LogP contribution in [0.3, 0.4) is 0 Å². The number of methoxy groups -OCH3 is 1. The van der Waals surface area contributed by atoms with Crippen molar-refractivity contribution in [2.24, 2.45) is 12.8 Å². The number of carboxylic acids is 1. The molecule has 48 heavy (non-hydrogen) atoms. The number of hydrogen-bond donors (Lipinski definition) is 3. The molecule has 0 radical (unpaired) electrons. The van der Waals surface area contributed by atoms with Crippen molar-refractivity contribution in [3.63, 3.8) is 0 Å². The second-order valence-electron chi connectivity index (χ2n) is 12.8. The van der Waals surface area contributed by atoms with E-state index in [1.54, 1.807) is 36.0 Å². The van der Waals surface area contributed by atoms with E-state index >= 15 is 0 Å². The Balaban J connectivity index is 0.000000231. The number of carbonyl (C=O) groups excluding carboxylic acids is 1.